The molecule has 4 aliphatic carbocycles. The number of hydrogen-bond donors (Lipinski definition) is 11. The zero-order valence-corrected chi connectivity index (χ0v) is 37.2. The highest BCUT2D eigenvalue weighted by Crippen LogP contribution is 2.68. The predicted octanol–water partition coefficient (Wildman–Crippen LogP) is -0.171. The van der Waals surface area contributed by atoms with E-state index in [9.17, 15) is 56.2 Å². The molecule has 0 bridgehead atoms. The average Bonchev–Trinajstić information content (AvgIpc) is 3.53. The lowest BCUT2D eigenvalue weighted by atomic mass is 9.46. The number of hydrogen-bond acceptors (Lipinski definition) is 17. The maximum atomic E-state index is 11.8. The molecule has 3 aliphatic heterocycles. The Morgan fingerprint density at radius 1 is 0.694 bits per heavy atom. The first-order chi connectivity index (χ1) is 29.1. The Morgan fingerprint density at radius 2 is 1.26 bits per heavy atom. The largest absolute Gasteiger partial charge is 0.394 e. The van der Waals surface area contributed by atoms with Gasteiger partial charge in [-0.2, -0.15) is 0 Å². The van der Waals surface area contributed by atoms with E-state index in [1.54, 1.807) is 13.8 Å². The number of allylic oxidation sites excluding steroid dienone is 1. The van der Waals surface area contributed by atoms with E-state index in [1.165, 1.54) is 0 Å². The van der Waals surface area contributed by atoms with E-state index in [0.29, 0.717) is 31.6 Å². The lowest BCUT2D eigenvalue weighted by molar-refractivity contribution is -0.329. The highest BCUT2D eigenvalue weighted by atomic mass is 16.7. The van der Waals surface area contributed by atoms with Gasteiger partial charge < -0.3 is 84.6 Å². The average molecular weight is 889 g/mol. The molecule has 358 valence electrons. The van der Waals surface area contributed by atoms with Gasteiger partial charge in [0.15, 0.2) is 18.9 Å². The van der Waals surface area contributed by atoms with Gasteiger partial charge in [0.2, 0.25) is 0 Å². The molecule has 4 unspecified atom stereocenters. The molecule has 26 atom stereocenters. The summed E-state index contributed by atoms with van der Waals surface area (Å²) in [6.45, 7) is 13.3. The van der Waals surface area contributed by atoms with Crippen molar-refractivity contribution in [2.45, 2.75) is 216 Å². The highest BCUT2D eigenvalue weighted by Gasteiger charge is 2.65. The van der Waals surface area contributed by atoms with Crippen LogP contribution in [0.4, 0.5) is 0 Å². The lowest BCUT2D eigenvalue weighted by Gasteiger charge is -2.61. The van der Waals surface area contributed by atoms with Crippen LogP contribution in [0.3, 0.4) is 0 Å². The van der Waals surface area contributed by atoms with Crippen molar-refractivity contribution in [1.29, 1.82) is 0 Å². The van der Waals surface area contributed by atoms with Gasteiger partial charge in [0, 0.05) is 11.8 Å². The number of rotatable bonds is 12. The third-order valence-electron chi connectivity index (χ3n) is 16.8. The summed E-state index contributed by atoms with van der Waals surface area (Å²) in [7, 11) is 0. The quantitative estimate of drug-likeness (QED) is 0.114. The molecule has 17 nitrogen and oxygen atoms in total. The fraction of sp³-hybridized carbons (Fsp3) is 0.956. The van der Waals surface area contributed by atoms with E-state index < -0.39 is 129 Å². The summed E-state index contributed by atoms with van der Waals surface area (Å²) in [6.07, 6.45) is -15.5. The molecular weight excluding hydrogens is 812 g/mol. The first kappa shape index (κ1) is 49.0. The van der Waals surface area contributed by atoms with Crippen molar-refractivity contribution in [3.05, 3.63) is 11.6 Å². The Morgan fingerprint density at radius 3 is 1.84 bits per heavy atom. The van der Waals surface area contributed by atoms with Crippen molar-refractivity contribution in [3.8, 4) is 0 Å². The second-order valence-electron chi connectivity index (χ2n) is 20.9. The highest BCUT2D eigenvalue weighted by molar-refractivity contribution is 5.28. The smallest absolute Gasteiger partial charge is 0.186 e. The number of fused-ring (bicyclic) bond motifs is 5. The molecule has 0 aromatic rings. The summed E-state index contributed by atoms with van der Waals surface area (Å²) >= 11 is 0. The zero-order valence-electron chi connectivity index (χ0n) is 37.2. The second kappa shape index (κ2) is 19.0. The first-order valence-corrected chi connectivity index (χ1v) is 23.2. The fourth-order valence-electron chi connectivity index (χ4n) is 13.0. The van der Waals surface area contributed by atoms with E-state index in [0.717, 1.165) is 24.8 Å². The van der Waals surface area contributed by atoms with Gasteiger partial charge in [-0.05, 0) is 99.7 Å². The molecule has 17 heteroatoms. The summed E-state index contributed by atoms with van der Waals surface area (Å²) in [6, 6.07) is 0. The SMILES string of the molecule is CC(C)CC[C@H](O)[C@@H](C)C1[C@@H](O[C@@H]2O[C@H](CO)[C@@H](O)[C@H](O)[C@H]2O)CC2C3CC=C4C[C@@H](O[C@@H]5O[C@@H](C)[C@H](O)[C@@H](O)[C@H]5O)C[C@@H](O[C@@H]5O[C@@H](C)[C@H](O)[C@@H](O)[C@H]5O)[C@]4(C)C3CC[C@@]21C. The fourth-order valence-corrected chi connectivity index (χ4v) is 13.0. The Bertz CT molecular complexity index is 1530. The van der Waals surface area contributed by atoms with Crippen LogP contribution in [0.1, 0.15) is 99.8 Å². The molecule has 3 saturated carbocycles. The van der Waals surface area contributed by atoms with Crippen LogP contribution in [0.5, 0.6) is 0 Å². The lowest BCUT2D eigenvalue weighted by Crippen LogP contribution is -2.62. The number of ether oxygens (including phenoxy) is 6. The summed E-state index contributed by atoms with van der Waals surface area (Å²) < 4.78 is 37.6. The molecule has 0 spiro atoms. The zero-order chi connectivity index (χ0) is 45.3. The van der Waals surface area contributed by atoms with Gasteiger partial charge in [-0.15, -0.1) is 0 Å². The summed E-state index contributed by atoms with van der Waals surface area (Å²) in [5, 5.41) is 118. The van der Waals surface area contributed by atoms with Crippen molar-refractivity contribution in [2.75, 3.05) is 6.61 Å². The molecule has 7 rings (SSSR count). The predicted molar refractivity (Wildman–Crippen MR) is 218 cm³/mol. The maximum absolute atomic E-state index is 11.8. The molecule has 3 heterocycles. The van der Waals surface area contributed by atoms with Crippen LogP contribution in [0.2, 0.25) is 0 Å². The topological polar surface area (TPSA) is 278 Å². The van der Waals surface area contributed by atoms with Crippen molar-refractivity contribution >= 4 is 0 Å². The third-order valence-corrected chi connectivity index (χ3v) is 16.8. The molecule has 62 heavy (non-hydrogen) atoms. The van der Waals surface area contributed by atoms with Gasteiger partial charge in [0.05, 0.1) is 43.2 Å². The van der Waals surface area contributed by atoms with Crippen molar-refractivity contribution in [2.24, 2.45) is 46.3 Å². The molecule has 3 saturated heterocycles. The molecule has 0 aromatic heterocycles. The molecule has 6 fully saturated rings. The van der Waals surface area contributed by atoms with Gasteiger partial charge in [-0.3, -0.25) is 0 Å². The van der Waals surface area contributed by atoms with Crippen molar-refractivity contribution in [3.63, 3.8) is 0 Å². The van der Waals surface area contributed by atoms with Crippen LogP contribution in [-0.4, -0.2) is 179 Å². The van der Waals surface area contributed by atoms with Crippen molar-refractivity contribution in [1.82, 2.24) is 0 Å². The minimum absolute atomic E-state index is 0.0153. The van der Waals surface area contributed by atoms with Crippen LogP contribution < -0.4 is 0 Å². The summed E-state index contributed by atoms with van der Waals surface area (Å²) in [4.78, 5) is 0. The molecular formula is C45H76O17. The van der Waals surface area contributed by atoms with E-state index in [4.69, 9.17) is 28.4 Å². The van der Waals surface area contributed by atoms with Crippen LogP contribution in [0.15, 0.2) is 11.6 Å². The first-order valence-electron chi connectivity index (χ1n) is 23.2. The normalized spacial score (nSPS) is 53.0. The molecule has 0 amide bonds. The molecule has 7 aliphatic rings. The van der Waals surface area contributed by atoms with Crippen LogP contribution in [-0.2, 0) is 28.4 Å². The van der Waals surface area contributed by atoms with Gasteiger partial charge >= 0.3 is 0 Å². The third kappa shape index (κ3) is 8.72. The van der Waals surface area contributed by atoms with Crippen molar-refractivity contribution < 1.29 is 84.6 Å². The van der Waals surface area contributed by atoms with Gasteiger partial charge in [0.25, 0.3) is 0 Å². The minimum atomic E-state index is -1.60. The Hall–Kier alpha value is -0.940. The summed E-state index contributed by atoms with van der Waals surface area (Å²) in [5.74, 6) is 0.0927. The van der Waals surface area contributed by atoms with E-state index in [1.807, 2.05) is 0 Å². The second-order valence-corrected chi connectivity index (χ2v) is 20.9. The van der Waals surface area contributed by atoms with Gasteiger partial charge in [-0.1, -0.05) is 46.3 Å². The van der Waals surface area contributed by atoms with E-state index >= 15 is 0 Å². The molecule has 0 aromatic carbocycles. The van der Waals surface area contributed by atoms with Gasteiger partial charge in [0.1, 0.15) is 61.0 Å². The molecule has 11 N–H and O–H groups in total. The number of aliphatic hydroxyl groups excluding tert-OH is 11. The Kier molecular flexibility index (Phi) is 15.0. The minimum Gasteiger partial charge on any atom is -0.394 e. The summed E-state index contributed by atoms with van der Waals surface area (Å²) in [5.41, 5.74) is 0.0223. The number of aliphatic hydroxyl groups is 11. The van der Waals surface area contributed by atoms with Crippen LogP contribution in [0.25, 0.3) is 0 Å². The Balaban J connectivity index is 1.21. The monoisotopic (exact) mass is 889 g/mol. The maximum Gasteiger partial charge on any atom is 0.186 e. The van der Waals surface area contributed by atoms with Crippen LogP contribution in [0, 0.1) is 46.3 Å². The van der Waals surface area contributed by atoms with E-state index in [2.05, 4.69) is 40.7 Å². The molecule has 0 radical (unpaired) electrons. The Labute approximate surface area is 364 Å². The van der Waals surface area contributed by atoms with E-state index in [-0.39, 0.29) is 41.4 Å². The van der Waals surface area contributed by atoms with Crippen LogP contribution >= 0.6 is 0 Å². The van der Waals surface area contributed by atoms with Gasteiger partial charge in [-0.25, -0.2) is 0 Å². The standard InChI is InChI=1S/C45H76O17/c1-18(2)8-11-27(47)19(3)31-28(60-43-40(56)37(53)34(50)29(17-46)61-43)16-26-24-10-9-22-14-23(59-41-38(54)35(51)32(48)20(4)57-41)15-30(45(22,7)25(24)12-13-44(26,31)6)62-42-39(55)36(52)33(49)21(5)58-42/h9,18-21,23-43,46-56H,8,10-17H2,1-7H3/t19-,20+,21+,23-,24?,25?,26?,27+,28+,29-,30-,31?,32+,33+,34-,35-,36-,37+,38-,39-,40-,41+,42+,43-,44+,45+/m1/s1.